The highest BCUT2D eigenvalue weighted by molar-refractivity contribution is 7.91. The van der Waals surface area contributed by atoms with Crippen LogP contribution < -0.4 is 14.5 Å². The zero-order valence-corrected chi connectivity index (χ0v) is 15.8. The second-order valence-electron chi connectivity index (χ2n) is 6.18. The summed E-state index contributed by atoms with van der Waals surface area (Å²) in [5, 5.41) is 4.55. The van der Waals surface area contributed by atoms with Crippen molar-refractivity contribution < 1.29 is 12.9 Å². The van der Waals surface area contributed by atoms with Gasteiger partial charge in [-0.25, -0.2) is 13.4 Å². The lowest BCUT2D eigenvalue weighted by Crippen LogP contribution is -2.22. The van der Waals surface area contributed by atoms with Crippen molar-refractivity contribution >= 4 is 38.4 Å². The summed E-state index contributed by atoms with van der Waals surface area (Å²) in [4.78, 5) is 12.0. The predicted octanol–water partition coefficient (Wildman–Crippen LogP) is 1.69. The molecule has 0 aliphatic rings. The molecule has 9 nitrogen and oxygen atoms in total. The Morgan fingerprint density at radius 2 is 1.85 bits per heavy atom. The Hall–Kier alpha value is -2.88. The summed E-state index contributed by atoms with van der Waals surface area (Å²) < 4.78 is 33.0. The molecule has 0 unspecified atom stereocenters. The zero-order valence-electron chi connectivity index (χ0n) is 15.0. The molecule has 1 N–H and O–H groups in total. The van der Waals surface area contributed by atoms with Gasteiger partial charge in [0.15, 0.2) is 11.4 Å². The molecule has 0 saturated heterocycles. The topological polar surface area (TPSA) is 104 Å². The number of hydrogen-bond donors (Lipinski definition) is 1. The molecular formula is C16H20N6O3S. The lowest BCUT2D eigenvalue weighted by Gasteiger charge is -2.19. The fraction of sp³-hybridized carbons (Fsp3) is 0.312. The van der Waals surface area contributed by atoms with Crippen molar-refractivity contribution in [2.24, 2.45) is 0 Å². The number of rotatable bonds is 6. The first-order chi connectivity index (χ1) is 12.3. The number of benzene rings is 1. The Kier molecular flexibility index (Phi) is 4.68. The van der Waals surface area contributed by atoms with Crippen LogP contribution in [0.1, 0.15) is 5.69 Å². The molecule has 0 aliphatic carbocycles. The fourth-order valence-electron chi connectivity index (χ4n) is 2.42. The summed E-state index contributed by atoms with van der Waals surface area (Å²) in [5.41, 5.74) is 1.20. The van der Waals surface area contributed by atoms with Gasteiger partial charge in [0.25, 0.3) is 0 Å². The second-order valence-corrected chi connectivity index (χ2v) is 7.91. The highest BCUT2D eigenvalue weighted by Crippen LogP contribution is 2.26. The van der Waals surface area contributed by atoms with Gasteiger partial charge in [-0.1, -0.05) is 17.3 Å². The van der Waals surface area contributed by atoms with E-state index in [-0.39, 0.29) is 5.75 Å². The van der Waals surface area contributed by atoms with Crippen LogP contribution in [-0.2, 0) is 15.8 Å². The van der Waals surface area contributed by atoms with E-state index in [9.17, 15) is 8.42 Å². The number of sulfonamides is 1. The van der Waals surface area contributed by atoms with Gasteiger partial charge >= 0.3 is 0 Å². The molecule has 2 aromatic heterocycles. The van der Waals surface area contributed by atoms with E-state index in [0.717, 1.165) is 0 Å². The third-order valence-electron chi connectivity index (χ3n) is 3.62. The van der Waals surface area contributed by atoms with Crippen LogP contribution in [-0.4, -0.2) is 51.7 Å². The van der Waals surface area contributed by atoms with Gasteiger partial charge in [0.05, 0.1) is 6.20 Å². The third kappa shape index (κ3) is 3.69. The third-order valence-corrected chi connectivity index (χ3v) is 4.81. The van der Waals surface area contributed by atoms with Crippen molar-refractivity contribution in [2.75, 3.05) is 42.7 Å². The molecule has 0 spiro atoms. The molecule has 0 saturated carbocycles. The van der Waals surface area contributed by atoms with Crippen molar-refractivity contribution in [3.8, 4) is 0 Å². The minimum atomic E-state index is -3.73. The molecule has 26 heavy (non-hydrogen) atoms. The molecule has 10 heteroatoms. The minimum absolute atomic E-state index is 0.299. The normalized spacial score (nSPS) is 11.5. The summed E-state index contributed by atoms with van der Waals surface area (Å²) in [6, 6.07) is 7.12. The number of hydrogen-bond acceptors (Lipinski definition) is 8. The first-order valence-corrected chi connectivity index (χ1v) is 9.47. The van der Waals surface area contributed by atoms with E-state index in [2.05, 4.69) is 19.8 Å². The molecule has 0 bridgehead atoms. The number of nitrogens with one attached hydrogen (secondary N) is 1. The van der Waals surface area contributed by atoms with E-state index in [0.29, 0.717) is 34.1 Å². The van der Waals surface area contributed by atoms with Crippen LogP contribution in [0.25, 0.3) is 11.0 Å². The van der Waals surface area contributed by atoms with Crippen molar-refractivity contribution in [3.05, 3.63) is 36.2 Å². The van der Waals surface area contributed by atoms with E-state index in [4.69, 9.17) is 4.52 Å². The van der Waals surface area contributed by atoms with Gasteiger partial charge in [0, 0.05) is 33.6 Å². The highest BCUT2D eigenvalue weighted by Gasteiger charge is 2.20. The van der Waals surface area contributed by atoms with Crippen molar-refractivity contribution in [1.29, 1.82) is 0 Å². The van der Waals surface area contributed by atoms with Crippen LogP contribution in [0.5, 0.6) is 0 Å². The van der Waals surface area contributed by atoms with Gasteiger partial charge < -0.3 is 14.3 Å². The predicted molar refractivity (Wildman–Crippen MR) is 101 cm³/mol. The van der Waals surface area contributed by atoms with Gasteiger partial charge in [-0.05, 0) is 12.1 Å². The number of aromatic nitrogens is 3. The molecule has 0 amide bonds. The van der Waals surface area contributed by atoms with Gasteiger partial charge in [-0.2, -0.15) is 4.98 Å². The molecular weight excluding hydrogens is 356 g/mol. The quantitative estimate of drug-likeness (QED) is 0.693. The van der Waals surface area contributed by atoms with Crippen LogP contribution in [0.3, 0.4) is 0 Å². The lowest BCUT2D eigenvalue weighted by atomic mass is 10.2. The standard InChI is InChI=1S/C16H20N6O3S/c1-21(2)15-12(9-17-16(18-15)22(3)4)20-26(23,24)10-13-11-7-5-6-8-14(11)25-19-13/h5-9,20H,10H2,1-4H3. The largest absolute Gasteiger partial charge is 0.361 e. The van der Waals surface area contributed by atoms with E-state index < -0.39 is 10.0 Å². The van der Waals surface area contributed by atoms with Crippen LogP contribution in [0.4, 0.5) is 17.5 Å². The first kappa shape index (κ1) is 17.9. The van der Waals surface area contributed by atoms with E-state index >= 15 is 0 Å². The summed E-state index contributed by atoms with van der Waals surface area (Å²) in [6.45, 7) is 0. The van der Waals surface area contributed by atoms with Gasteiger partial charge in [0.2, 0.25) is 16.0 Å². The molecule has 0 fully saturated rings. The maximum Gasteiger partial charge on any atom is 0.238 e. The zero-order chi connectivity index (χ0) is 18.9. The maximum atomic E-state index is 12.6. The van der Waals surface area contributed by atoms with Crippen molar-refractivity contribution in [3.63, 3.8) is 0 Å². The summed E-state index contributed by atoms with van der Waals surface area (Å²) in [5.74, 6) is 0.642. The van der Waals surface area contributed by atoms with Crippen molar-refractivity contribution in [2.45, 2.75) is 5.75 Å². The smallest absolute Gasteiger partial charge is 0.238 e. The molecule has 0 aliphatic heterocycles. The number of fused-ring (bicyclic) bond motifs is 1. The number of nitrogens with zero attached hydrogens (tertiary/aromatic N) is 5. The fourth-order valence-corrected chi connectivity index (χ4v) is 3.54. The lowest BCUT2D eigenvalue weighted by molar-refractivity contribution is 0.448. The van der Waals surface area contributed by atoms with Crippen LogP contribution in [0, 0.1) is 0 Å². The summed E-state index contributed by atoms with van der Waals surface area (Å²) >= 11 is 0. The monoisotopic (exact) mass is 376 g/mol. The SMILES string of the molecule is CN(C)c1ncc(NS(=O)(=O)Cc2noc3ccccc23)c(N(C)C)n1. The van der Waals surface area contributed by atoms with Crippen molar-refractivity contribution in [1.82, 2.24) is 15.1 Å². The average Bonchev–Trinajstić information content (AvgIpc) is 2.97. The van der Waals surface area contributed by atoms with Crippen LogP contribution in [0.2, 0.25) is 0 Å². The minimum Gasteiger partial charge on any atom is -0.361 e. The summed E-state index contributed by atoms with van der Waals surface area (Å²) in [6.07, 6.45) is 1.45. The van der Waals surface area contributed by atoms with Crippen LogP contribution >= 0.6 is 0 Å². The average molecular weight is 376 g/mol. The molecule has 0 radical (unpaired) electrons. The Morgan fingerprint density at radius 1 is 1.12 bits per heavy atom. The van der Waals surface area contributed by atoms with Gasteiger partial charge in [-0.15, -0.1) is 0 Å². The highest BCUT2D eigenvalue weighted by atomic mass is 32.2. The maximum absolute atomic E-state index is 12.6. The number of anilines is 3. The van der Waals surface area contributed by atoms with E-state index in [1.807, 2.05) is 14.1 Å². The van der Waals surface area contributed by atoms with E-state index in [1.165, 1.54) is 6.20 Å². The molecule has 1 aromatic carbocycles. The summed E-state index contributed by atoms with van der Waals surface area (Å²) in [7, 11) is 3.46. The van der Waals surface area contributed by atoms with Gasteiger partial charge in [0.1, 0.15) is 17.1 Å². The Bertz CT molecular complexity index is 1030. The molecule has 3 aromatic rings. The van der Waals surface area contributed by atoms with Gasteiger partial charge in [-0.3, -0.25) is 4.72 Å². The molecule has 138 valence electrons. The Labute approximate surface area is 151 Å². The Balaban J connectivity index is 1.90. The Morgan fingerprint density at radius 3 is 2.54 bits per heavy atom. The first-order valence-electron chi connectivity index (χ1n) is 7.82. The molecule has 2 heterocycles. The second kappa shape index (κ2) is 6.79. The number of para-hydroxylation sites is 1. The van der Waals surface area contributed by atoms with Crippen LogP contribution in [0.15, 0.2) is 35.0 Å². The molecule has 0 atom stereocenters. The molecule has 3 rings (SSSR count). The van der Waals surface area contributed by atoms with E-state index in [1.54, 1.807) is 48.2 Å².